The van der Waals surface area contributed by atoms with E-state index in [-0.39, 0.29) is 11.9 Å². The normalized spacial score (nSPS) is 20.3. The number of carbonyl (C=O) groups is 2. The van der Waals surface area contributed by atoms with Gasteiger partial charge in [0.15, 0.2) is 0 Å². The number of rotatable bonds is 2. The Bertz CT molecular complexity index is 718. The molecule has 22 heavy (non-hydrogen) atoms. The van der Waals surface area contributed by atoms with E-state index in [2.05, 4.69) is 9.97 Å². The smallest absolute Gasteiger partial charge is 0.311 e. The van der Waals surface area contributed by atoms with Crippen LogP contribution < -0.4 is 4.90 Å². The third kappa shape index (κ3) is 2.32. The fourth-order valence-corrected chi connectivity index (χ4v) is 2.90. The van der Waals surface area contributed by atoms with Crippen LogP contribution in [-0.2, 0) is 4.79 Å². The van der Waals surface area contributed by atoms with E-state index in [1.165, 1.54) is 18.7 Å². The zero-order chi connectivity index (χ0) is 15.7. The van der Waals surface area contributed by atoms with Gasteiger partial charge in [-0.1, -0.05) is 18.2 Å². The van der Waals surface area contributed by atoms with Crippen molar-refractivity contribution in [2.24, 2.45) is 0 Å². The summed E-state index contributed by atoms with van der Waals surface area (Å²) in [5.41, 5.74) is 1.69. The summed E-state index contributed by atoms with van der Waals surface area (Å²) < 4.78 is 0. The Morgan fingerprint density at radius 2 is 1.91 bits per heavy atom. The summed E-state index contributed by atoms with van der Waals surface area (Å²) >= 11 is 0. The molecule has 1 amide bonds. The monoisotopic (exact) mass is 297 g/mol. The lowest BCUT2D eigenvalue weighted by molar-refractivity contribution is -0.139. The number of aromatic nitrogens is 2. The van der Waals surface area contributed by atoms with E-state index in [9.17, 15) is 14.7 Å². The minimum absolute atomic E-state index is 0.218. The van der Waals surface area contributed by atoms with Gasteiger partial charge in [0, 0.05) is 24.1 Å². The standard InChI is InChI=1S/C16H15N3O3/c1-10-6-13(16(21)22)12-4-2-3-5-14(12)19(10)15(20)11-7-17-9-18-8-11/h2-5,7-10,13H,6H2,1H3,(H,21,22)/t10-,13-/m0/s1. The predicted octanol–water partition coefficient (Wildman–Crippen LogP) is 2.08. The second kappa shape index (κ2) is 5.55. The topological polar surface area (TPSA) is 83.4 Å². The molecule has 1 N–H and O–H groups in total. The molecule has 0 saturated heterocycles. The number of benzene rings is 1. The van der Waals surface area contributed by atoms with Crippen molar-refractivity contribution in [3.05, 3.63) is 54.1 Å². The number of carboxylic acids is 1. The molecule has 1 aromatic heterocycles. The van der Waals surface area contributed by atoms with E-state index in [0.717, 1.165) is 0 Å². The summed E-state index contributed by atoms with van der Waals surface area (Å²) in [4.78, 5) is 33.6. The van der Waals surface area contributed by atoms with Gasteiger partial charge in [-0.25, -0.2) is 9.97 Å². The van der Waals surface area contributed by atoms with Crippen LogP contribution in [0.5, 0.6) is 0 Å². The van der Waals surface area contributed by atoms with Crippen molar-refractivity contribution >= 4 is 17.6 Å². The molecule has 2 heterocycles. The number of anilines is 1. The minimum atomic E-state index is -0.866. The maximum atomic E-state index is 12.7. The molecule has 2 aromatic rings. The average Bonchev–Trinajstić information content (AvgIpc) is 2.54. The maximum Gasteiger partial charge on any atom is 0.311 e. The van der Waals surface area contributed by atoms with Crippen molar-refractivity contribution in [1.82, 2.24) is 9.97 Å². The van der Waals surface area contributed by atoms with Crippen LogP contribution in [0.4, 0.5) is 5.69 Å². The first kappa shape index (κ1) is 14.2. The lowest BCUT2D eigenvalue weighted by Crippen LogP contribution is -2.44. The van der Waals surface area contributed by atoms with E-state index in [1.54, 1.807) is 29.2 Å². The van der Waals surface area contributed by atoms with Crippen LogP contribution in [0.2, 0.25) is 0 Å². The van der Waals surface area contributed by atoms with Crippen LogP contribution in [0.15, 0.2) is 43.0 Å². The Hall–Kier alpha value is -2.76. The Morgan fingerprint density at radius 1 is 1.23 bits per heavy atom. The van der Waals surface area contributed by atoms with E-state index in [1.807, 2.05) is 6.92 Å². The minimum Gasteiger partial charge on any atom is -0.481 e. The first-order valence-corrected chi connectivity index (χ1v) is 7.00. The van der Waals surface area contributed by atoms with Crippen LogP contribution in [0.25, 0.3) is 0 Å². The van der Waals surface area contributed by atoms with Crippen molar-refractivity contribution in [2.75, 3.05) is 4.90 Å². The van der Waals surface area contributed by atoms with Gasteiger partial charge in [-0.15, -0.1) is 0 Å². The van der Waals surface area contributed by atoms with Crippen molar-refractivity contribution in [3.63, 3.8) is 0 Å². The molecule has 0 unspecified atom stereocenters. The molecule has 112 valence electrons. The van der Waals surface area contributed by atoms with E-state index < -0.39 is 11.9 Å². The Morgan fingerprint density at radius 3 is 2.59 bits per heavy atom. The number of carbonyl (C=O) groups excluding carboxylic acids is 1. The highest BCUT2D eigenvalue weighted by atomic mass is 16.4. The van der Waals surface area contributed by atoms with Crippen molar-refractivity contribution in [3.8, 4) is 0 Å². The van der Waals surface area contributed by atoms with Gasteiger partial charge in [0.25, 0.3) is 5.91 Å². The lowest BCUT2D eigenvalue weighted by atomic mass is 9.86. The Balaban J connectivity index is 2.07. The van der Waals surface area contributed by atoms with Crippen LogP contribution in [0, 0.1) is 0 Å². The van der Waals surface area contributed by atoms with Gasteiger partial charge in [0.2, 0.25) is 0 Å². The van der Waals surface area contributed by atoms with Crippen LogP contribution >= 0.6 is 0 Å². The third-order valence-corrected chi connectivity index (χ3v) is 3.91. The summed E-state index contributed by atoms with van der Waals surface area (Å²) in [5.74, 6) is -1.68. The molecule has 0 radical (unpaired) electrons. The van der Waals surface area contributed by atoms with E-state index in [0.29, 0.717) is 23.2 Å². The van der Waals surface area contributed by atoms with Gasteiger partial charge in [0.05, 0.1) is 11.5 Å². The number of aliphatic carboxylic acids is 1. The molecule has 1 aromatic carbocycles. The second-order valence-electron chi connectivity index (χ2n) is 5.34. The molecule has 0 aliphatic carbocycles. The second-order valence-corrected chi connectivity index (χ2v) is 5.34. The van der Waals surface area contributed by atoms with Crippen LogP contribution in [-0.4, -0.2) is 33.0 Å². The third-order valence-electron chi connectivity index (χ3n) is 3.91. The van der Waals surface area contributed by atoms with Gasteiger partial charge in [-0.05, 0) is 25.0 Å². The van der Waals surface area contributed by atoms with Gasteiger partial charge in [0.1, 0.15) is 6.33 Å². The number of amides is 1. The molecule has 0 spiro atoms. The molecule has 3 rings (SSSR count). The summed E-state index contributed by atoms with van der Waals surface area (Å²) in [6, 6.07) is 6.92. The molecule has 1 aliphatic heterocycles. The molecule has 6 heteroatoms. The van der Waals surface area contributed by atoms with Gasteiger partial charge in [-0.3, -0.25) is 9.59 Å². The van der Waals surface area contributed by atoms with E-state index in [4.69, 9.17) is 0 Å². The van der Waals surface area contributed by atoms with Crippen molar-refractivity contribution in [1.29, 1.82) is 0 Å². The molecular formula is C16H15N3O3. The number of nitrogens with zero attached hydrogens (tertiary/aromatic N) is 3. The first-order chi connectivity index (χ1) is 10.6. The molecule has 0 fully saturated rings. The molecular weight excluding hydrogens is 282 g/mol. The number of fused-ring (bicyclic) bond motifs is 1. The van der Waals surface area contributed by atoms with Crippen molar-refractivity contribution in [2.45, 2.75) is 25.3 Å². The summed E-state index contributed by atoms with van der Waals surface area (Å²) in [6.45, 7) is 1.85. The van der Waals surface area contributed by atoms with Crippen LogP contribution in [0.3, 0.4) is 0 Å². The molecule has 0 saturated carbocycles. The fraction of sp³-hybridized carbons (Fsp3) is 0.250. The maximum absolute atomic E-state index is 12.7. The van der Waals surface area contributed by atoms with Gasteiger partial charge < -0.3 is 10.0 Å². The van der Waals surface area contributed by atoms with Crippen molar-refractivity contribution < 1.29 is 14.7 Å². The molecule has 2 atom stereocenters. The summed E-state index contributed by atoms with van der Waals surface area (Å²) in [6.07, 6.45) is 4.68. The summed E-state index contributed by atoms with van der Waals surface area (Å²) in [7, 11) is 0. The average molecular weight is 297 g/mol. The first-order valence-electron chi connectivity index (χ1n) is 7.00. The fourth-order valence-electron chi connectivity index (χ4n) is 2.90. The van der Waals surface area contributed by atoms with Crippen LogP contribution in [0.1, 0.15) is 35.2 Å². The Labute approximate surface area is 127 Å². The van der Waals surface area contributed by atoms with E-state index >= 15 is 0 Å². The zero-order valence-electron chi connectivity index (χ0n) is 12.0. The van der Waals surface area contributed by atoms with Gasteiger partial charge in [-0.2, -0.15) is 0 Å². The molecule has 6 nitrogen and oxygen atoms in total. The SMILES string of the molecule is C[C@H]1C[C@H](C(=O)O)c2ccccc2N1C(=O)c1cncnc1. The lowest BCUT2D eigenvalue weighted by Gasteiger charge is -2.38. The number of para-hydroxylation sites is 1. The summed E-state index contributed by atoms with van der Waals surface area (Å²) in [5, 5.41) is 9.42. The molecule has 1 aliphatic rings. The molecule has 0 bridgehead atoms. The number of carboxylic acid groups (broad SMARTS) is 1. The quantitative estimate of drug-likeness (QED) is 0.917. The largest absolute Gasteiger partial charge is 0.481 e. The zero-order valence-corrected chi connectivity index (χ0v) is 12.0. The predicted molar refractivity (Wildman–Crippen MR) is 79.7 cm³/mol. The Kier molecular flexibility index (Phi) is 3.58. The highest BCUT2D eigenvalue weighted by Crippen LogP contribution is 2.39. The number of hydrogen-bond acceptors (Lipinski definition) is 4. The highest BCUT2D eigenvalue weighted by Gasteiger charge is 2.37. The van der Waals surface area contributed by atoms with Gasteiger partial charge >= 0.3 is 5.97 Å². The highest BCUT2D eigenvalue weighted by molar-refractivity contribution is 6.07. The number of hydrogen-bond donors (Lipinski definition) is 1.